The molecule has 0 aliphatic rings. The highest BCUT2D eigenvalue weighted by Gasteiger charge is 2.35. The molecule has 0 saturated carbocycles. The molecule has 0 bridgehead atoms. The monoisotopic (exact) mass is 323 g/mol. The van der Waals surface area contributed by atoms with Gasteiger partial charge in [-0.3, -0.25) is 4.79 Å². The molecular weight excluding hydrogens is 298 g/mol. The lowest BCUT2D eigenvalue weighted by molar-refractivity contribution is -0.151. The molecule has 0 saturated heterocycles. The second-order valence-electron chi connectivity index (χ2n) is 5.52. The molecule has 0 radical (unpaired) electrons. The Morgan fingerprint density at radius 2 is 1.80 bits per heavy atom. The summed E-state index contributed by atoms with van der Waals surface area (Å²) in [4.78, 5) is 13.9. The highest BCUT2D eigenvalue weighted by molar-refractivity contribution is 8.24. The van der Waals surface area contributed by atoms with Gasteiger partial charge in [-0.15, -0.1) is 0 Å². The van der Waals surface area contributed by atoms with E-state index in [1.165, 1.54) is 11.8 Å². The Morgan fingerprint density at radius 1 is 1.30 bits per heavy atom. The van der Waals surface area contributed by atoms with Gasteiger partial charge < -0.3 is 19.8 Å². The summed E-state index contributed by atoms with van der Waals surface area (Å²) in [6, 6.07) is 0. The quantitative estimate of drug-likeness (QED) is 0.540. The number of hydrogen-bond acceptors (Lipinski definition) is 6. The third-order valence-electron chi connectivity index (χ3n) is 3.13. The topological polar surface area (TPSA) is 70.0 Å². The number of nitrogens with zero attached hydrogens (tertiary/aromatic N) is 1. The number of rotatable bonds is 7. The molecule has 0 amide bonds. The van der Waals surface area contributed by atoms with E-state index in [-0.39, 0.29) is 19.8 Å². The van der Waals surface area contributed by atoms with Crippen LogP contribution in [0.25, 0.3) is 0 Å². The van der Waals surface area contributed by atoms with Gasteiger partial charge in [0, 0.05) is 14.1 Å². The van der Waals surface area contributed by atoms with Crippen LogP contribution < -0.4 is 0 Å². The number of aliphatic hydroxyl groups excluding tert-OH is 2. The summed E-state index contributed by atoms with van der Waals surface area (Å²) in [7, 11) is 3.63. The maximum absolute atomic E-state index is 12.1. The maximum atomic E-state index is 12.1. The van der Waals surface area contributed by atoms with Gasteiger partial charge in [0.05, 0.1) is 18.6 Å². The van der Waals surface area contributed by atoms with E-state index in [2.05, 4.69) is 0 Å². The van der Waals surface area contributed by atoms with E-state index in [0.29, 0.717) is 10.7 Å². The lowest BCUT2D eigenvalue weighted by Gasteiger charge is -2.30. The van der Waals surface area contributed by atoms with Crippen LogP contribution in [-0.4, -0.2) is 64.1 Å². The van der Waals surface area contributed by atoms with Crippen LogP contribution in [0.4, 0.5) is 0 Å². The summed E-state index contributed by atoms with van der Waals surface area (Å²) in [6.07, 6.45) is 0.525. The van der Waals surface area contributed by atoms with E-state index < -0.39 is 16.1 Å². The van der Waals surface area contributed by atoms with Crippen molar-refractivity contribution in [2.75, 3.05) is 33.9 Å². The smallest absolute Gasteiger partial charge is 0.322 e. The third-order valence-corrected chi connectivity index (χ3v) is 4.96. The predicted molar refractivity (Wildman–Crippen MR) is 85.8 cm³/mol. The Balaban J connectivity index is 4.63. The van der Waals surface area contributed by atoms with E-state index in [1.54, 1.807) is 18.7 Å². The molecule has 2 N–H and O–H groups in total. The molecule has 0 spiro atoms. The summed E-state index contributed by atoms with van der Waals surface area (Å²) >= 11 is 6.42. The zero-order valence-corrected chi connectivity index (χ0v) is 14.4. The number of ether oxygens (including phenoxy) is 1. The molecule has 0 unspecified atom stereocenters. The minimum atomic E-state index is -0.814. The maximum Gasteiger partial charge on any atom is 0.322 e. The lowest BCUT2D eigenvalue weighted by Crippen LogP contribution is -2.40. The molecular formula is C13H25NO4S2. The van der Waals surface area contributed by atoms with Crippen LogP contribution in [0.5, 0.6) is 0 Å². The van der Waals surface area contributed by atoms with Crippen molar-refractivity contribution < 1.29 is 19.7 Å². The van der Waals surface area contributed by atoms with Crippen LogP contribution in [0.15, 0.2) is 0 Å². The second-order valence-corrected chi connectivity index (χ2v) is 7.78. The minimum Gasteiger partial charge on any atom is -0.464 e. The Bertz CT molecular complexity index is 333. The van der Waals surface area contributed by atoms with Gasteiger partial charge in [0.25, 0.3) is 0 Å². The van der Waals surface area contributed by atoms with Crippen molar-refractivity contribution in [3.8, 4) is 0 Å². The van der Waals surface area contributed by atoms with Crippen molar-refractivity contribution in [2.45, 2.75) is 31.9 Å². The Hall–Kier alpha value is -0.370. The van der Waals surface area contributed by atoms with Gasteiger partial charge in [-0.1, -0.05) is 30.9 Å². The van der Waals surface area contributed by atoms with E-state index >= 15 is 0 Å². The van der Waals surface area contributed by atoms with Gasteiger partial charge in [-0.2, -0.15) is 0 Å². The van der Waals surface area contributed by atoms with Crippen molar-refractivity contribution in [3.63, 3.8) is 0 Å². The number of hydrogen-bond donors (Lipinski definition) is 2. The third kappa shape index (κ3) is 5.55. The number of thioether (sulfide) groups is 1. The summed E-state index contributed by atoms with van der Waals surface area (Å²) in [6.45, 7) is 4.85. The van der Waals surface area contributed by atoms with Gasteiger partial charge in [0.1, 0.15) is 15.7 Å². The van der Waals surface area contributed by atoms with Crippen molar-refractivity contribution >= 4 is 34.3 Å². The van der Waals surface area contributed by atoms with Crippen LogP contribution >= 0.6 is 24.0 Å². The van der Waals surface area contributed by atoms with Gasteiger partial charge in [-0.25, -0.2) is 0 Å². The van der Waals surface area contributed by atoms with E-state index in [4.69, 9.17) is 17.0 Å². The molecule has 0 rings (SSSR count). The molecule has 0 atom stereocenters. The first-order valence-corrected chi connectivity index (χ1v) is 7.66. The number of esters is 1. The molecule has 0 aromatic carbocycles. The van der Waals surface area contributed by atoms with Crippen LogP contribution in [0.3, 0.4) is 0 Å². The first kappa shape index (κ1) is 19.6. The molecule has 0 aromatic rings. The number of carbonyl (C=O) groups is 1. The highest BCUT2D eigenvalue weighted by atomic mass is 32.2. The van der Waals surface area contributed by atoms with Crippen LogP contribution in [0.2, 0.25) is 0 Å². The van der Waals surface area contributed by atoms with Crippen LogP contribution in [0.1, 0.15) is 27.2 Å². The minimum absolute atomic E-state index is 0.00590. The molecule has 0 aliphatic carbocycles. The number of thiocarbonyl (C=S) groups is 1. The molecule has 0 aromatic heterocycles. The standard InChI is InChI=1S/C13H25NO4S2/c1-6-13(7-15,8-16)9-18-10(17)12(2,3)20-11(19)14(4)5/h15-16H,6-9H2,1-5H3. The second kappa shape index (κ2) is 8.17. The molecule has 0 aliphatic heterocycles. The van der Waals surface area contributed by atoms with Crippen molar-refractivity contribution in [1.29, 1.82) is 0 Å². The molecule has 20 heavy (non-hydrogen) atoms. The first-order valence-electron chi connectivity index (χ1n) is 6.43. The fourth-order valence-electron chi connectivity index (χ4n) is 1.21. The van der Waals surface area contributed by atoms with E-state index in [0.717, 1.165) is 0 Å². The van der Waals surface area contributed by atoms with E-state index in [1.807, 2.05) is 21.0 Å². The fourth-order valence-corrected chi connectivity index (χ4v) is 2.60. The van der Waals surface area contributed by atoms with Crippen molar-refractivity contribution in [3.05, 3.63) is 0 Å². The summed E-state index contributed by atoms with van der Waals surface area (Å²) < 4.78 is 5.05. The van der Waals surface area contributed by atoms with Crippen LogP contribution in [0, 0.1) is 5.41 Å². The van der Waals surface area contributed by atoms with Gasteiger partial charge in [0.2, 0.25) is 0 Å². The summed E-state index contributed by atoms with van der Waals surface area (Å²) in [5.74, 6) is -0.411. The molecule has 7 heteroatoms. The Morgan fingerprint density at radius 3 is 2.15 bits per heavy atom. The van der Waals surface area contributed by atoms with Gasteiger partial charge in [0.15, 0.2) is 0 Å². The Labute approximate surface area is 130 Å². The SMILES string of the molecule is CCC(CO)(CO)COC(=O)C(C)(C)SC(=S)N(C)C. The van der Waals surface area contributed by atoms with Crippen molar-refractivity contribution in [1.82, 2.24) is 4.90 Å². The molecule has 5 nitrogen and oxygen atoms in total. The first-order chi connectivity index (χ1) is 9.14. The largest absolute Gasteiger partial charge is 0.464 e. The summed E-state index contributed by atoms with van der Waals surface area (Å²) in [5.41, 5.74) is -0.779. The van der Waals surface area contributed by atoms with E-state index in [9.17, 15) is 15.0 Å². The normalized spacial score (nSPS) is 12.2. The van der Waals surface area contributed by atoms with Gasteiger partial charge >= 0.3 is 5.97 Å². The number of aliphatic hydroxyl groups is 2. The Kier molecular flexibility index (Phi) is 8.01. The number of carbonyl (C=O) groups excluding carboxylic acids is 1. The average molecular weight is 323 g/mol. The predicted octanol–water partition coefficient (Wildman–Crippen LogP) is 1.27. The zero-order chi connectivity index (χ0) is 16.0. The lowest BCUT2D eigenvalue weighted by atomic mass is 9.88. The van der Waals surface area contributed by atoms with Crippen molar-refractivity contribution in [2.24, 2.45) is 5.41 Å². The average Bonchev–Trinajstić information content (AvgIpc) is 2.40. The summed E-state index contributed by atoms with van der Waals surface area (Å²) in [5, 5.41) is 18.7. The van der Waals surface area contributed by atoms with Crippen LogP contribution in [-0.2, 0) is 9.53 Å². The molecule has 0 fully saturated rings. The zero-order valence-electron chi connectivity index (χ0n) is 12.8. The molecule has 0 heterocycles. The fraction of sp³-hybridized carbons (Fsp3) is 0.846. The molecule has 118 valence electrons. The van der Waals surface area contributed by atoms with Gasteiger partial charge in [-0.05, 0) is 20.3 Å². The highest BCUT2D eigenvalue weighted by Crippen LogP contribution is 2.29.